The van der Waals surface area contributed by atoms with Crippen LogP contribution in [0.25, 0.3) is 0 Å². The summed E-state index contributed by atoms with van der Waals surface area (Å²) in [5.74, 6) is 2.33. The van der Waals surface area contributed by atoms with Gasteiger partial charge < -0.3 is 9.69 Å². The molecule has 0 aliphatic carbocycles. The summed E-state index contributed by atoms with van der Waals surface area (Å²) in [6.07, 6.45) is 3.57. The van der Waals surface area contributed by atoms with Crippen LogP contribution < -0.4 is 0 Å². The quantitative estimate of drug-likeness (QED) is 0.633. The van der Waals surface area contributed by atoms with E-state index in [1.165, 1.54) is 0 Å². The summed E-state index contributed by atoms with van der Waals surface area (Å²) in [4.78, 5) is 25.1. The van der Waals surface area contributed by atoms with Gasteiger partial charge in [-0.25, -0.2) is 5.26 Å². The molecule has 5 heteroatoms. The zero-order valence-corrected chi connectivity index (χ0v) is 13.3. The summed E-state index contributed by atoms with van der Waals surface area (Å²) in [6, 6.07) is 3.96. The molecule has 1 fully saturated rings. The van der Waals surface area contributed by atoms with Gasteiger partial charge in [-0.15, -0.1) is 0 Å². The minimum Gasteiger partial charge on any atom is -0.340 e. The predicted molar refractivity (Wildman–Crippen MR) is 87.2 cm³/mol. The largest absolute Gasteiger partial charge is 0.340 e. The lowest BCUT2D eigenvalue weighted by Gasteiger charge is -2.28. The minimum atomic E-state index is 0.0428. The number of carbonyl (C=O) groups excluding carboxylic acids is 2. The fraction of sp³-hybridized carbons (Fsp3) is 0.471. The average molecular weight is 296 g/mol. The van der Waals surface area contributed by atoms with E-state index >= 15 is 0 Å². The van der Waals surface area contributed by atoms with Crippen molar-refractivity contribution in [2.24, 2.45) is 0 Å². The third-order valence-electron chi connectivity index (χ3n) is 4.41. The Bertz CT molecular complexity index is 614. The molecule has 0 bridgehead atoms. The number of hydrogen-bond donors (Lipinski definition) is 0. The Kier molecular flexibility index (Phi) is 5.38. The van der Waals surface area contributed by atoms with Crippen LogP contribution in [0.5, 0.6) is 0 Å². The summed E-state index contributed by atoms with van der Waals surface area (Å²) in [5.41, 5.74) is 3.88. The van der Waals surface area contributed by atoms with Gasteiger partial charge in [0.1, 0.15) is 6.29 Å². The fourth-order valence-corrected chi connectivity index (χ4v) is 2.99. The Hall–Kier alpha value is -2.09. The van der Waals surface area contributed by atoms with Gasteiger partial charge in [-0.3, -0.25) is 4.79 Å². The third kappa shape index (κ3) is 3.57. The van der Waals surface area contributed by atoms with E-state index in [9.17, 15) is 9.59 Å². The minimum absolute atomic E-state index is 0.0428. The SMILES string of the molecule is Cc1cc(C)c(C(=O)N2CCB(C#N)CC2)cc1CCC=O. The predicted octanol–water partition coefficient (Wildman–Crippen LogP) is 2.45. The van der Waals surface area contributed by atoms with Crippen LogP contribution >= 0.6 is 0 Å². The maximum Gasteiger partial charge on any atom is 0.271 e. The van der Waals surface area contributed by atoms with E-state index < -0.39 is 0 Å². The topological polar surface area (TPSA) is 61.2 Å². The molecule has 1 aromatic carbocycles. The summed E-state index contributed by atoms with van der Waals surface area (Å²) >= 11 is 0. The van der Waals surface area contributed by atoms with E-state index in [1.807, 2.05) is 30.9 Å². The van der Waals surface area contributed by atoms with E-state index in [4.69, 9.17) is 5.26 Å². The molecule has 1 aromatic rings. The second-order valence-corrected chi connectivity index (χ2v) is 5.99. The van der Waals surface area contributed by atoms with Crippen molar-refractivity contribution in [3.63, 3.8) is 0 Å². The maximum atomic E-state index is 12.7. The van der Waals surface area contributed by atoms with Crippen molar-refractivity contribution in [3.05, 3.63) is 34.4 Å². The first-order valence-corrected chi connectivity index (χ1v) is 7.79. The molecule has 1 heterocycles. The van der Waals surface area contributed by atoms with Crippen LogP contribution in [0.4, 0.5) is 0 Å². The van der Waals surface area contributed by atoms with E-state index in [0.717, 1.165) is 41.2 Å². The van der Waals surface area contributed by atoms with Crippen molar-refractivity contribution in [1.29, 1.82) is 5.26 Å². The molecule has 2 rings (SSSR count). The van der Waals surface area contributed by atoms with Crippen molar-refractivity contribution in [2.75, 3.05) is 13.1 Å². The van der Waals surface area contributed by atoms with Crippen LogP contribution in [0.15, 0.2) is 12.1 Å². The smallest absolute Gasteiger partial charge is 0.271 e. The zero-order valence-electron chi connectivity index (χ0n) is 13.3. The first-order chi connectivity index (χ1) is 10.6. The Morgan fingerprint density at radius 2 is 2.00 bits per heavy atom. The highest BCUT2D eigenvalue weighted by Crippen LogP contribution is 2.21. The van der Waals surface area contributed by atoms with E-state index in [0.29, 0.717) is 25.9 Å². The standard InChI is InChI=1S/C17H21BN2O2/c1-13-10-14(2)16(11-15(13)4-3-9-21)17(22)20-7-5-18(12-19)6-8-20/h9-11H,3-8H2,1-2H3. The van der Waals surface area contributed by atoms with E-state index in [-0.39, 0.29) is 12.6 Å². The lowest BCUT2D eigenvalue weighted by Crippen LogP contribution is -2.40. The second kappa shape index (κ2) is 7.26. The summed E-state index contributed by atoms with van der Waals surface area (Å²) in [6.45, 7) is 5.33. The molecule has 0 atom stereocenters. The second-order valence-electron chi connectivity index (χ2n) is 5.99. The Balaban J connectivity index is 2.19. The molecule has 0 unspecified atom stereocenters. The molecule has 22 heavy (non-hydrogen) atoms. The van der Waals surface area contributed by atoms with Crippen LogP contribution in [0.3, 0.4) is 0 Å². The molecule has 1 saturated heterocycles. The Morgan fingerprint density at radius 1 is 1.32 bits per heavy atom. The Labute approximate surface area is 132 Å². The summed E-state index contributed by atoms with van der Waals surface area (Å²) < 4.78 is 0. The van der Waals surface area contributed by atoms with Crippen LogP contribution in [-0.2, 0) is 11.2 Å². The number of amides is 1. The first-order valence-electron chi connectivity index (χ1n) is 7.79. The highest BCUT2D eigenvalue weighted by Gasteiger charge is 2.27. The lowest BCUT2D eigenvalue weighted by atomic mass is 9.45. The van der Waals surface area contributed by atoms with Crippen molar-refractivity contribution >= 4 is 18.9 Å². The van der Waals surface area contributed by atoms with Gasteiger partial charge in [-0.05, 0) is 55.7 Å². The molecular formula is C17H21BN2O2. The number of hydrogen-bond acceptors (Lipinski definition) is 3. The molecule has 4 nitrogen and oxygen atoms in total. The molecule has 0 spiro atoms. The van der Waals surface area contributed by atoms with Gasteiger partial charge in [-0.2, -0.15) is 0 Å². The number of carbonyl (C=O) groups is 2. The van der Waals surface area contributed by atoms with Crippen LogP contribution in [0.2, 0.25) is 12.6 Å². The number of nitrogens with zero attached hydrogens (tertiary/aromatic N) is 2. The van der Waals surface area contributed by atoms with E-state index in [1.54, 1.807) is 0 Å². The van der Waals surface area contributed by atoms with Crippen LogP contribution in [0, 0.1) is 25.1 Å². The zero-order chi connectivity index (χ0) is 16.1. The first kappa shape index (κ1) is 16.3. The Morgan fingerprint density at radius 3 is 2.59 bits per heavy atom. The van der Waals surface area contributed by atoms with Crippen molar-refractivity contribution in [1.82, 2.24) is 4.90 Å². The van der Waals surface area contributed by atoms with E-state index in [2.05, 4.69) is 5.97 Å². The molecule has 1 aliphatic rings. The number of rotatable bonds is 4. The maximum absolute atomic E-state index is 12.7. The highest BCUT2D eigenvalue weighted by atomic mass is 16.2. The van der Waals surface area contributed by atoms with Gasteiger partial charge in [0.2, 0.25) is 0 Å². The lowest BCUT2D eigenvalue weighted by molar-refractivity contribution is -0.107. The molecule has 0 N–H and O–H groups in total. The molecule has 0 radical (unpaired) electrons. The highest BCUT2D eigenvalue weighted by molar-refractivity contribution is 6.67. The number of benzene rings is 1. The molecule has 1 amide bonds. The molecule has 0 saturated carbocycles. The van der Waals surface area contributed by atoms with Crippen molar-refractivity contribution < 1.29 is 9.59 Å². The number of aryl methyl sites for hydroxylation is 3. The monoisotopic (exact) mass is 296 g/mol. The van der Waals surface area contributed by atoms with Gasteiger partial charge >= 0.3 is 0 Å². The summed E-state index contributed by atoms with van der Waals surface area (Å²) in [7, 11) is 0. The van der Waals surface area contributed by atoms with Gasteiger partial charge in [0.25, 0.3) is 12.6 Å². The molecular weight excluding hydrogens is 275 g/mol. The third-order valence-corrected chi connectivity index (χ3v) is 4.41. The summed E-state index contributed by atoms with van der Waals surface area (Å²) in [5, 5.41) is 8.94. The molecule has 0 aromatic heterocycles. The normalized spacial score (nSPS) is 14.6. The number of nitriles is 1. The molecule has 1 aliphatic heterocycles. The van der Waals surface area contributed by atoms with Crippen molar-refractivity contribution in [2.45, 2.75) is 39.3 Å². The van der Waals surface area contributed by atoms with Gasteiger partial charge in [0, 0.05) is 31.0 Å². The number of aldehydes is 1. The molecule has 114 valence electrons. The van der Waals surface area contributed by atoms with Gasteiger partial charge in [0.05, 0.1) is 0 Å². The van der Waals surface area contributed by atoms with Crippen molar-refractivity contribution in [3.8, 4) is 5.97 Å². The fourth-order valence-electron chi connectivity index (χ4n) is 2.99. The van der Waals surface area contributed by atoms with Gasteiger partial charge in [-0.1, -0.05) is 6.07 Å². The van der Waals surface area contributed by atoms with Gasteiger partial charge in [0.15, 0.2) is 0 Å². The van der Waals surface area contributed by atoms with Crippen LogP contribution in [0.1, 0.15) is 33.5 Å². The average Bonchev–Trinajstić information content (AvgIpc) is 2.53. The van der Waals surface area contributed by atoms with Crippen LogP contribution in [-0.4, -0.2) is 36.9 Å².